The highest BCUT2D eigenvalue weighted by atomic mass is 79.9. The van der Waals surface area contributed by atoms with Gasteiger partial charge in [-0.1, -0.05) is 23.4 Å². The average molecular weight is 630 g/mol. The molecule has 3 aromatic carbocycles. The van der Waals surface area contributed by atoms with Crippen molar-refractivity contribution < 1.29 is 31.6 Å². The number of hydrogen-bond acceptors (Lipinski definition) is 7. The minimum atomic E-state index is -3.91. The van der Waals surface area contributed by atoms with E-state index in [4.69, 9.17) is 14.0 Å². The van der Waals surface area contributed by atoms with Gasteiger partial charge in [0.15, 0.2) is 11.5 Å². The Hall–Kier alpha value is -4.16. The van der Waals surface area contributed by atoms with Crippen LogP contribution in [0.1, 0.15) is 22.4 Å². The number of benzene rings is 3. The maximum absolute atomic E-state index is 13.9. The number of carbonyl (C=O) groups excluding carboxylic acids is 1. The molecular formula is C28H25BrFN3O6S. The predicted molar refractivity (Wildman–Crippen MR) is 152 cm³/mol. The van der Waals surface area contributed by atoms with E-state index in [1.807, 2.05) is 0 Å². The summed E-state index contributed by atoms with van der Waals surface area (Å²) in [4.78, 5) is 12.5. The quantitative estimate of drug-likeness (QED) is 0.199. The van der Waals surface area contributed by atoms with Gasteiger partial charge in [-0.15, -0.1) is 0 Å². The Morgan fingerprint density at radius 3 is 2.50 bits per heavy atom. The Kier molecular flexibility index (Phi) is 8.90. The summed E-state index contributed by atoms with van der Waals surface area (Å²) in [6.45, 7) is 3.41. The molecule has 0 saturated heterocycles. The maximum atomic E-state index is 13.9. The number of carbonyl (C=O) groups is 1. The number of hydrogen-bond donors (Lipinski definition) is 2. The van der Waals surface area contributed by atoms with Crippen molar-refractivity contribution in [3.63, 3.8) is 0 Å². The van der Waals surface area contributed by atoms with Gasteiger partial charge in [-0.05, 0) is 83.9 Å². The van der Waals surface area contributed by atoms with Crippen LogP contribution in [0, 0.1) is 19.7 Å². The number of aromatic nitrogens is 1. The molecule has 0 aliphatic heterocycles. The molecule has 0 atom stereocenters. The van der Waals surface area contributed by atoms with Crippen molar-refractivity contribution in [1.29, 1.82) is 0 Å². The number of sulfonamides is 1. The van der Waals surface area contributed by atoms with Crippen LogP contribution in [0.15, 0.2) is 80.6 Å². The summed E-state index contributed by atoms with van der Waals surface area (Å²) in [5.74, 6) is 0.0365. The smallest absolute Gasteiger partial charge is 0.264 e. The predicted octanol–water partition coefficient (Wildman–Crippen LogP) is 6.23. The average Bonchev–Trinajstić information content (AvgIpc) is 3.23. The molecule has 208 valence electrons. The molecule has 0 radical (unpaired) electrons. The van der Waals surface area contributed by atoms with Gasteiger partial charge in [0.25, 0.3) is 10.0 Å². The number of ether oxygens (including phenoxy) is 2. The minimum absolute atomic E-state index is 0.00868. The van der Waals surface area contributed by atoms with Crippen molar-refractivity contribution >= 4 is 49.5 Å². The number of halogens is 2. The second-order valence-electron chi connectivity index (χ2n) is 8.59. The van der Waals surface area contributed by atoms with Crippen molar-refractivity contribution in [3.05, 3.63) is 99.4 Å². The molecule has 4 aromatic rings. The summed E-state index contributed by atoms with van der Waals surface area (Å²) >= 11 is 3.44. The van der Waals surface area contributed by atoms with Crippen LogP contribution in [0.2, 0.25) is 0 Å². The molecule has 4 rings (SSSR count). The molecule has 12 heteroatoms. The Balaban J connectivity index is 1.40. The summed E-state index contributed by atoms with van der Waals surface area (Å²) in [6.07, 6.45) is 2.90. The van der Waals surface area contributed by atoms with Gasteiger partial charge in [0.05, 0.1) is 22.2 Å². The minimum Gasteiger partial charge on any atom is -0.493 e. The van der Waals surface area contributed by atoms with Crippen molar-refractivity contribution in [2.45, 2.75) is 25.3 Å². The van der Waals surface area contributed by atoms with Crippen LogP contribution >= 0.6 is 15.9 Å². The SMILES string of the molecule is COc1cc(/C=C/C(=O)Nc2ccc(S(=O)(=O)Nc3onc(C)c3C)cc2)cc(Br)c1OCc1ccccc1F. The molecule has 0 saturated carbocycles. The van der Waals surface area contributed by atoms with Gasteiger partial charge in [0.1, 0.15) is 12.4 Å². The topological polar surface area (TPSA) is 120 Å². The van der Waals surface area contributed by atoms with Crippen LogP contribution in [0.25, 0.3) is 6.08 Å². The molecule has 0 aliphatic carbocycles. The van der Waals surface area contributed by atoms with Crippen LogP contribution in [0.3, 0.4) is 0 Å². The first-order chi connectivity index (χ1) is 19.1. The van der Waals surface area contributed by atoms with Gasteiger partial charge in [0, 0.05) is 22.9 Å². The zero-order valence-corrected chi connectivity index (χ0v) is 24.1. The van der Waals surface area contributed by atoms with E-state index in [1.54, 1.807) is 50.3 Å². The van der Waals surface area contributed by atoms with Gasteiger partial charge >= 0.3 is 0 Å². The van der Waals surface area contributed by atoms with Gasteiger partial charge in [-0.3, -0.25) is 4.79 Å². The highest BCUT2D eigenvalue weighted by Gasteiger charge is 2.19. The lowest BCUT2D eigenvalue weighted by atomic mass is 10.1. The van der Waals surface area contributed by atoms with E-state index in [2.05, 4.69) is 31.1 Å². The van der Waals surface area contributed by atoms with Crippen LogP contribution in [-0.4, -0.2) is 26.6 Å². The first-order valence-corrected chi connectivity index (χ1v) is 14.1. The monoisotopic (exact) mass is 629 g/mol. The zero-order valence-electron chi connectivity index (χ0n) is 21.7. The second-order valence-corrected chi connectivity index (χ2v) is 11.1. The van der Waals surface area contributed by atoms with E-state index in [0.29, 0.717) is 44.0 Å². The van der Waals surface area contributed by atoms with Crippen molar-refractivity contribution in [1.82, 2.24) is 5.16 Å². The highest BCUT2D eigenvalue weighted by Crippen LogP contribution is 2.37. The van der Waals surface area contributed by atoms with Crippen LogP contribution in [0.4, 0.5) is 16.0 Å². The third-order valence-corrected chi connectivity index (χ3v) is 7.76. The highest BCUT2D eigenvalue weighted by molar-refractivity contribution is 9.10. The number of nitrogens with zero attached hydrogens (tertiary/aromatic N) is 1. The molecule has 40 heavy (non-hydrogen) atoms. The fourth-order valence-corrected chi connectivity index (χ4v) is 5.13. The normalized spacial score (nSPS) is 11.4. The number of aryl methyl sites for hydroxylation is 1. The van der Waals surface area contributed by atoms with Crippen molar-refractivity contribution in [2.24, 2.45) is 0 Å². The summed E-state index contributed by atoms with van der Waals surface area (Å²) in [7, 11) is -2.43. The molecule has 2 N–H and O–H groups in total. The summed E-state index contributed by atoms with van der Waals surface area (Å²) in [5, 5.41) is 6.42. The van der Waals surface area contributed by atoms with Crippen LogP contribution in [0.5, 0.6) is 11.5 Å². The van der Waals surface area contributed by atoms with Gasteiger partial charge in [0.2, 0.25) is 11.8 Å². The van der Waals surface area contributed by atoms with E-state index in [1.165, 1.54) is 43.5 Å². The molecule has 1 heterocycles. The van der Waals surface area contributed by atoms with E-state index in [9.17, 15) is 17.6 Å². The lowest BCUT2D eigenvalue weighted by Crippen LogP contribution is -2.13. The maximum Gasteiger partial charge on any atom is 0.264 e. The lowest BCUT2D eigenvalue weighted by molar-refractivity contribution is -0.111. The fraction of sp³-hybridized carbons (Fsp3) is 0.143. The molecule has 0 bridgehead atoms. The standard InChI is InChI=1S/C28H25BrFN3O6S/c1-17-18(2)32-39-28(17)33-40(35,36)22-11-9-21(10-12-22)31-26(34)13-8-19-14-23(29)27(25(15-19)37-3)38-16-20-6-4-5-7-24(20)30/h4-15,33H,16H2,1-3H3,(H,31,34)/b13-8+. The molecule has 0 unspecified atom stereocenters. The van der Waals surface area contributed by atoms with Gasteiger partial charge < -0.3 is 19.3 Å². The summed E-state index contributed by atoms with van der Waals surface area (Å²) < 4.78 is 58.4. The van der Waals surface area contributed by atoms with Crippen LogP contribution < -0.4 is 19.5 Å². The molecule has 1 aromatic heterocycles. The Morgan fingerprint density at radius 2 is 1.85 bits per heavy atom. The van der Waals surface area contributed by atoms with Crippen molar-refractivity contribution in [2.75, 3.05) is 17.1 Å². The molecule has 0 aliphatic rings. The number of nitrogens with one attached hydrogen (secondary N) is 2. The van der Waals surface area contributed by atoms with Crippen molar-refractivity contribution in [3.8, 4) is 11.5 Å². The summed E-state index contributed by atoms with van der Waals surface area (Å²) in [6, 6.07) is 15.4. The first-order valence-electron chi connectivity index (χ1n) is 11.9. The fourth-order valence-electron chi connectivity index (χ4n) is 3.51. The molecule has 0 spiro atoms. The first kappa shape index (κ1) is 28.8. The third-order valence-electron chi connectivity index (χ3n) is 5.83. The molecule has 9 nitrogen and oxygen atoms in total. The van der Waals surface area contributed by atoms with E-state index in [0.717, 1.165) is 0 Å². The van der Waals surface area contributed by atoms with E-state index >= 15 is 0 Å². The lowest BCUT2D eigenvalue weighted by Gasteiger charge is -2.14. The Morgan fingerprint density at radius 1 is 1.12 bits per heavy atom. The Labute approximate surface area is 239 Å². The largest absolute Gasteiger partial charge is 0.493 e. The number of methoxy groups -OCH3 is 1. The zero-order chi connectivity index (χ0) is 28.9. The molecule has 1 amide bonds. The van der Waals surface area contributed by atoms with Gasteiger partial charge in [-0.25, -0.2) is 17.5 Å². The molecule has 0 fully saturated rings. The van der Waals surface area contributed by atoms with Crippen LogP contribution in [-0.2, 0) is 21.4 Å². The number of rotatable bonds is 10. The molecular weight excluding hydrogens is 605 g/mol. The van der Waals surface area contributed by atoms with E-state index < -0.39 is 15.9 Å². The number of amides is 1. The van der Waals surface area contributed by atoms with E-state index in [-0.39, 0.29) is 23.2 Å². The second kappa shape index (κ2) is 12.3. The third kappa shape index (κ3) is 6.88. The summed E-state index contributed by atoms with van der Waals surface area (Å²) in [5.41, 5.74) is 2.62. The number of anilines is 2. The Bertz CT molecular complexity index is 1670. The van der Waals surface area contributed by atoms with Gasteiger partial charge in [-0.2, -0.15) is 0 Å².